The first-order valence-corrected chi connectivity index (χ1v) is 3.42. The highest BCUT2D eigenvalue weighted by Gasteiger charge is 2.10. The lowest BCUT2D eigenvalue weighted by atomic mass is 10.3. The molecule has 0 aromatic heterocycles. The van der Waals surface area contributed by atoms with E-state index in [4.69, 9.17) is 10.8 Å². The Morgan fingerprint density at radius 2 is 2.45 bits per heavy atom. The standard InChI is InChI=1S/C7H14N2O2/c1-3-5(2)9-4-6(8)7(10)11/h3,5-6,9H,1,4,8H2,2H3,(H,10,11). The molecule has 2 atom stereocenters. The van der Waals surface area contributed by atoms with E-state index in [0.717, 1.165) is 0 Å². The van der Waals surface area contributed by atoms with Crippen molar-refractivity contribution in [3.63, 3.8) is 0 Å². The molecular weight excluding hydrogens is 144 g/mol. The fraction of sp³-hybridized carbons (Fsp3) is 0.571. The van der Waals surface area contributed by atoms with Crippen molar-refractivity contribution in [2.75, 3.05) is 6.54 Å². The van der Waals surface area contributed by atoms with Crippen LogP contribution in [0.5, 0.6) is 0 Å². The van der Waals surface area contributed by atoms with Crippen LogP contribution in [0.1, 0.15) is 6.92 Å². The van der Waals surface area contributed by atoms with Gasteiger partial charge in [-0.25, -0.2) is 0 Å². The maximum atomic E-state index is 10.2. The zero-order valence-electron chi connectivity index (χ0n) is 6.58. The van der Waals surface area contributed by atoms with Crippen LogP contribution in [0.4, 0.5) is 0 Å². The van der Waals surface area contributed by atoms with Crippen molar-refractivity contribution >= 4 is 5.97 Å². The molecule has 0 aliphatic heterocycles. The van der Waals surface area contributed by atoms with E-state index in [0.29, 0.717) is 0 Å². The van der Waals surface area contributed by atoms with E-state index in [1.54, 1.807) is 6.08 Å². The average molecular weight is 158 g/mol. The summed E-state index contributed by atoms with van der Waals surface area (Å²) in [7, 11) is 0. The average Bonchev–Trinajstić information content (AvgIpc) is 1.99. The first-order valence-electron chi connectivity index (χ1n) is 3.42. The molecule has 11 heavy (non-hydrogen) atoms. The molecule has 0 aromatic carbocycles. The zero-order valence-corrected chi connectivity index (χ0v) is 6.58. The number of hydrogen-bond donors (Lipinski definition) is 3. The molecule has 64 valence electrons. The third kappa shape index (κ3) is 4.52. The van der Waals surface area contributed by atoms with Crippen molar-refractivity contribution in [3.8, 4) is 0 Å². The van der Waals surface area contributed by atoms with E-state index in [-0.39, 0.29) is 12.6 Å². The van der Waals surface area contributed by atoms with Crippen molar-refractivity contribution in [2.45, 2.75) is 19.0 Å². The summed E-state index contributed by atoms with van der Waals surface area (Å²) in [6.07, 6.45) is 1.69. The lowest BCUT2D eigenvalue weighted by Gasteiger charge is -2.11. The van der Waals surface area contributed by atoms with Gasteiger partial charge in [0.2, 0.25) is 0 Å². The van der Waals surface area contributed by atoms with Crippen LogP contribution in [0.3, 0.4) is 0 Å². The fourth-order valence-electron chi connectivity index (χ4n) is 0.484. The van der Waals surface area contributed by atoms with Crippen molar-refractivity contribution in [1.82, 2.24) is 5.32 Å². The van der Waals surface area contributed by atoms with Gasteiger partial charge in [-0.15, -0.1) is 6.58 Å². The lowest BCUT2D eigenvalue weighted by Crippen LogP contribution is -2.42. The second-order valence-corrected chi connectivity index (χ2v) is 2.38. The number of nitrogens with one attached hydrogen (secondary N) is 1. The molecule has 0 saturated carbocycles. The summed E-state index contributed by atoms with van der Waals surface area (Å²) in [4.78, 5) is 10.2. The van der Waals surface area contributed by atoms with Crippen molar-refractivity contribution < 1.29 is 9.90 Å². The van der Waals surface area contributed by atoms with Gasteiger partial charge in [0.15, 0.2) is 0 Å². The van der Waals surface area contributed by atoms with Gasteiger partial charge in [-0.1, -0.05) is 6.08 Å². The largest absolute Gasteiger partial charge is 0.480 e. The molecule has 0 bridgehead atoms. The molecule has 0 heterocycles. The second-order valence-electron chi connectivity index (χ2n) is 2.38. The van der Waals surface area contributed by atoms with Crippen LogP contribution in [0.2, 0.25) is 0 Å². The Kier molecular flexibility index (Phi) is 4.49. The van der Waals surface area contributed by atoms with Gasteiger partial charge in [-0.2, -0.15) is 0 Å². The highest BCUT2D eigenvalue weighted by atomic mass is 16.4. The van der Waals surface area contributed by atoms with Crippen molar-refractivity contribution in [2.24, 2.45) is 5.73 Å². The van der Waals surface area contributed by atoms with Gasteiger partial charge in [0.05, 0.1) is 0 Å². The fourth-order valence-corrected chi connectivity index (χ4v) is 0.484. The molecule has 0 spiro atoms. The number of carbonyl (C=O) groups is 1. The van der Waals surface area contributed by atoms with Gasteiger partial charge in [-0.3, -0.25) is 4.79 Å². The number of aliphatic carboxylic acids is 1. The molecule has 2 unspecified atom stereocenters. The monoisotopic (exact) mass is 158 g/mol. The Morgan fingerprint density at radius 3 is 2.82 bits per heavy atom. The van der Waals surface area contributed by atoms with Crippen LogP contribution in [-0.4, -0.2) is 29.7 Å². The van der Waals surface area contributed by atoms with Gasteiger partial charge < -0.3 is 16.2 Å². The van der Waals surface area contributed by atoms with E-state index >= 15 is 0 Å². The molecule has 0 aliphatic carbocycles. The summed E-state index contributed by atoms with van der Waals surface area (Å²) in [5.41, 5.74) is 5.22. The third-order valence-corrected chi connectivity index (χ3v) is 1.33. The second kappa shape index (κ2) is 4.87. The molecule has 4 heteroatoms. The van der Waals surface area contributed by atoms with Crippen LogP contribution >= 0.6 is 0 Å². The molecular formula is C7H14N2O2. The molecule has 4 N–H and O–H groups in total. The van der Waals surface area contributed by atoms with E-state index in [9.17, 15) is 4.79 Å². The van der Waals surface area contributed by atoms with E-state index in [1.165, 1.54) is 0 Å². The summed E-state index contributed by atoms with van der Waals surface area (Å²) in [6.45, 7) is 5.68. The summed E-state index contributed by atoms with van der Waals surface area (Å²) in [6, 6.07) is -0.738. The maximum Gasteiger partial charge on any atom is 0.321 e. The summed E-state index contributed by atoms with van der Waals surface area (Å²) in [5, 5.41) is 11.3. The molecule has 0 aromatic rings. The van der Waals surface area contributed by atoms with Gasteiger partial charge in [0.25, 0.3) is 0 Å². The van der Waals surface area contributed by atoms with Crippen LogP contribution in [0.15, 0.2) is 12.7 Å². The Morgan fingerprint density at radius 1 is 1.91 bits per heavy atom. The summed E-state index contributed by atoms with van der Waals surface area (Å²) < 4.78 is 0. The molecule has 0 radical (unpaired) electrons. The van der Waals surface area contributed by atoms with Crippen LogP contribution in [0, 0.1) is 0 Å². The number of carboxylic acid groups (broad SMARTS) is 1. The minimum atomic E-state index is -0.992. The number of hydrogen-bond acceptors (Lipinski definition) is 3. The lowest BCUT2D eigenvalue weighted by molar-refractivity contribution is -0.138. The molecule has 0 rings (SSSR count). The zero-order chi connectivity index (χ0) is 8.85. The SMILES string of the molecule is C=CC(C)NCC(N)C(=O)O. The number of carboxylic acids is 1. The minimum absolute atomic E-state index is 0.0976. The summed E-state index contributed by atoms with van der Waals surface area (Å²) >= 11 is 0. The normalized spacial score (nSPS) is 15.5. The molecule has 0 aliphatic rings. The van der Waals surface area contributed by atoms with Crippen molar-refractivity contribution in [3.05, 3.63) is 12.7 Å². The van der Waals surface area contributed by atoms with E-state index in [2.05, 4.69) is 11.9 Å². The molecule has 0 fully saturated rings. The van der Waals surface area contributed by atoms with Crippen molar-refractivity contribution in [1.29, 1.82) is 0 Å². The molecule has 0 saturated heterocycles. The number of rotatable bonds is 5. The topological polar surface area (TPSA) is 75.3 Å². The maximum absolute atomic E-state index is 10.2. The Labute approximate surface area is 66.1 Å². The predicted octanol–water partition coefficient (Wildman–Crippen LogP) is -0.438. The highest BCUT2D eigenvalue weighted by Crippen LogP contribution is 1.82. The Balaban J connectivity index is 3.53. The quantitative estimate of drug-likeness (QED) is 0.474. The van der Waals surface area contributed by atoms with Crippen LogP contribution < -0.4 is 11.1 Å². The Bertz CT molecular complexity index is 147. The first-order chi connectivity index (χ1) is 5.07. The van der Waals surface area contributed by atoms with Gasteiger partial charge in [0.1, 0.15) is 6.04 Å². The van der Waals surface area contributed by atoms with Gasteiger partial charge >= 0.3 is 5.97 Å². The number of nitrogens with two attached hydrogens (primary N) is 1. The van der Waals surface area contributed by atoms with Crippen LogP contribution in [-0.2, 0) is 4.79 Å². The highest BCUT2D eigenvalue weighted by molar-refractivity contribution is 5.73. The molecule has 0 amide bonds. The van der Waals surface area contributed by atoms with Gasteiger partial charge in [0, 0.05) is 12.6 Å². The minimum Gasteiger partial charge on any atom is -0.480 e. The predicted molar refractivity (Wildman–Crippen MR) is 43.3 cm³/mol. The smallest absolute Gasteiger partial charge is 0.321 e. The van der Waals surface area contributed by atoms with Crippen LogP contribution in [0.25, 0.3) is 0 Å². The summed E-state index contributed by atoms with van der Waals surface area (Å²) in [5.74, 6) is -0.992. The van der Waals surface area contributed by atoms with E-state index in [1.807, 2.05) is 6.92 Å². The van der Waals surface area contributed by atoms with E-state index < -0.39 is 12.0 Å². The van der Waals surface area contributed by atoms with Gasteiger partial charge in [-0.05, 0) is 6.92 Å². The Hall–Kier alpha value is -0.870. The first kappa shape index (κ1) is 10.1. The molecule has 4 nitrogen and oxygen atoms in total. The third-order valence-electron chi connectivity index (χ3n) is 1.33.